The lowest BCUT2D eigenvalue weighted by Crippen LogP contribution is -2.37. The Balaban J connectivity index is 2.23. The van der Waals surface area contributed by atoms with Gasteiger partial charge in [-0.05, 0) is 18.0 Å². The molecular weight excluding hydrogens is 250 g/mol. The molecule has 1 aromatic rings. The van der Waals surface area contributed by atoms with Gasteiger partial charge in [-0.2, -0.15) is 12.7 Å². The summed E-state index contributed by atoms with van der Waals surface area (Å²) in [7, 11) is -1.92. The van der Waals surface area contributed by atoms with Gasteiger partial charge in [-0.15, -0.1) is 0 Å². The Morgan fingerprint density at radius 1 is 1.33 bits per heavy atom. The van der Waals surface area contributed by atoms with Crippen molar-refractivity contribution in [2.75, 3.05) is 26.7 Å². The SMILES string of the molecule is CNS(=O)(=O)N1C[C@@H](CN)[C@H](c2ccccc2)C1. The van der Waals surface area contributed by atoms with Crippen molar-refractivity contribution in [3.63, 3.8) is 0 Å². The molecule has 0 amide bonds. The van der Waals surface area contributed by atoms with Crippen LogP contribution in [0.15, 0.2) is 30.3 Å². The molecule has 100 valence electrons. The Labute approximate surface area is 108 Å². The van der Waals surface area contributed by atoms with E-state index in [1.165, 1.54) is 11.4 Å². The lowest BCUT2D eigenvalue weighted by molar-refractivity contribution is 0.452. The summed E-state index contributed by atoms with van der Waals surface area (Å²) in [4.78, 5) is 0. The van der Waals surface area contributed by atoms with E-state index in [1.807, 2.05) is 30.3 Å². The molecule has 6 heteroatoms. The van der Waals surface area contributed by atoms with Crippen molar-refractivity contribution in [2.24, 2.45) is 11.7 Å². The Bertz CT molecular complexity index is 489. The first-order valence-electron chi connectivity index (χ1n) is 6.02. The molecule has 0 aliphatic carbocycles. The molecule has 1 heterocycles. The van der Waals surface area contributed by atoms with E-state index in [2.05, 4.69) is 4.72 Å². The Hall–Kier alpha value is -0.950. The number of nitrogens with one attached hydrogen (secondary N) is 1. The molecule has 0 saturated carbocycles. The molecule has 1 aliphatic rings. The zero-order valence-corrected chi connectivity index (χ0v) is 11.2. The van der Waals surface area contributed by atoms with E-state index in [1.54, 1.807) is 0 Å². The number of nitrogens with two attached hydrogens (primary N) is 1. The van der Waals surface area contributed by atoms with E-state index in [4.69, 9.17) is 5.73 Å². The molecule has 18 heavy (non-hydrogen) atoms. The number of nitrogens with zero attached hydrogens (tertiary/aromatic N) is 1. The molecule has 0 spiro atoms. The van der Waals surface area contributed by atoms with Crippen molar-refractivity contribution in [3.05, 3.63) is 35.9 Å². The van der Waals surface area contributed by atoms with E-state index in [0.717, 1.165) is 5.56 Å². The van der Waals surface area contributed by atoms with E-state index in [-0.39, 0.29) is 11.8 Å². The lowest BCUT2D eigenvalue weighted by atomic mass is 9.89. The quantitative estimate of drug-likeness (QED) is 0.815. The van der Waals surface area contributed by atoms with Crippen LogP contribution < -0.4 is 10.5 Å². The third-order valence-corrected chi connectivity index (χ3v) is 5.03. The molecule has 2 rings (SSSR count). The molecule has 0 unspecified atom stereocenters. The second kappa shape index (κ2) is 5.36. The first-order chi connectivity index (χ1) is 8.58. The van der Waals surface area contributed by atoms with Crippen LogP contribution in [0.4, 0.5) is 0 Å². The molecule has 0 aromatic heterocycles. The highest BCUT2D eigenvalue weighted by atomic mass is 32.2. The van der Waals surface area contributed by atoms with Gasteiger partial charge in [-0.1, -0.05) is 30.3 Å². The highest BCUT2D eigenvalue weighted by Gasteiger charge is 2.37. The van der Waals surface area contributed by atoms with Crippen molar-refractivity contribution in [1.82, 2.24) is 9.03 Å². The topological polar surface area (TPSA) is 75.4 Å². The molecule has 0 radical (unpaired) electrons. The average Bonchev–Trinajstić information content (AvgIpc) is 2.84. The summed E-state index contributed by atoms with van der Waals surface area (Å²) in [5.74, 6) is 0.356. The summed E-state index contributed by atoms with van der Waals surface area (Å²) >= 11 is 0. The number of rotatable bonds is 4. The second-order valence-corrected chi connectivity index (χ2v) is 6.41. The van der Waals surface area contributed by atoms with Crippen LogP contribution in [0.3, 0.4) is 0 Å². The van der Waals surface area contributed by atoms with Gasteiger partial charge in [-0.25, -0.2) is 4.72 Å². The van der Waals surface area contributed by atoms with Crippen LogP contribution >= 0.6 is 0 Å². The minimum absolute atomic E-state index is 0.176. The summed E-state index contributed by atoms with van der Waals surface area (Å²) in [6, 6.07) is 9.96. The lowest BCUT2D eigenvalue weighted by Gasteiger charge is -2.16. The van der Waals surface area contributed by atoms with Gasteiger partial charge in [0.15, 0.2) is 0 Å². The third-order valence-electron chi connectivity index (χ3n) is 3.54. The van der Waals surface area contributed by atoms with Gasteiger partial charge < -0.3 is 5.73 Å². The smallest absolute Gasteiger partial charge is 0.279 e. The molecule has 5 nitrogen and oxygen atoms in total. The molecule has 1 fully saturated rings. The van der Waals surface area contributed by atoms with Crippen molar-refractivity contribution < 1.29 is 8.42 Å². The van der Waals surface area contributed by atoms with Gasteiger partial charge in [0.25, 0.3) is 10.2 Å². The highest BCUT2D eigenvalue weighted by Crippen LogP contribution is 2.32. The highest BCUT2D eigenvalue weighted by molar-refractivity contribution is 7.87. The fraction of sp³-hybridized carbons (Fsp3) is 0.500. The standard InChI is InChI=1S/C12H19N3O2S/c1-14-18(16,17)15-8-11(7-13)12(9-15)10-5-3-2-4-6-10/h2-6,11-12,14H,7-9,13H2,1H3/t11-,12+/m1/s1. The second-order valence-electron chi connectivity index (χ2n) is 4.54. The summed E-state index contributed by atoms with van der Waals surface area (Å²) in [5, 5.41) is 0. The maximum Gasteiger partial charge on any atom is 0.279 e. The van der Waals surface area contributed by atoms with Crippen molar-refractivity contribution >= 4 is 10.2 Å². The van der Waals surface area contributed by atoms with Gasteiger partial charge in [0.2, 0.25) is 0 Å². The minimum Gasteiger partial charge on any atom is -0.330 e. The maximum absolute atomic E-state index is 11.8. The largest absolute Gasteiger partial charge is 0.330 e. The van der Waals surface area contributed by atoms with Crippen LogP contribution in [0.1, 0.15) is 11.5 Å². The fourth-order valence-corrected chi connectivity index (χ4v) is 3.48. The van der Waals surface area contributed by atoms with E-state index >= 15 is 0 Å². The Morgan fingerprint density at radius 2 is 2.00 bits per heavy atom. The Morgan fingerprint density at radius 3 is 2.56 bits per heavy atom. The number of hydrogen-bond acceptors (Lipinski definition) is 3. The third kappa shape index (κ3) is 2.56. The molecule has 1 aromatic carbocycles. The van der Waals surface area contributed by atoms with Crippen LogP contribution in [0.25, 0.3) is 0 Å². The van der Waals surface area contributed by atoms with Gasteiger partial charge in [-0.3, -0.25) is 0 Å². The Kier molecular flexibility index (Phi) is 4.01. The molecule has 2 atom stereocenters. The van der Waals surface area contributed by atoms with Crippen molar-refractivity contribution in [2.45, 2.75) is 5.92 Å². The fourth-order valence-electron chi connectivity index (χ4n) is 2.47. The zero-order chi connectivity index (χ0) is 13.2. The summed E-state index contributed by atoms with van der Waals surface area (Å²) in [5.41, 5.74) is 6.92. The van der Waals surface area contributed by atoms with Crippen LogP contribution in [-0.4, -0.2) is 39.4 Å². The van der Waals surface area contributed by atoms with Crippen LogP contribution in [0, 0.1) is 5.92 Å². The van der Waals surface area contributed by atoms with Crippen LogP contribution in [0.2, 0.25) is 0 Å². The molecule has 1 aliphatic heterocycles. The summed E-state index contributed by atoms with van der Waals surface area (Å²) in [6.45, 7) is 1.48. The maximum atomic E-state index is 11.8. The van der Waals surface area contributed by atoms with E-state index < -0.39 is 10.2 Å². The summed E-state index contributed by atoms with van der Waals surface area (Å²) < 4.78 is 27.5. The first-order valence-corrected chi connectivity index (χ1v) is 7.46. The van der Waals surface area contributed by atoms with Crippen molar-refractivity contribution in [1.29, 1.82) is 0 Å². The average molecular weight is 269 g/mol. The van der Waals surface area contributed by atoms with Crippen LogP contribution in [0.5, 0.6) is 0 Å². The predicted octanol–water partition coefficient (Wildman–Crippen LogP) is 0.125. The van der Waals surface area contributed by atoms with Gasteiger partial charge in [0.1, 0.15) is 0 Å². The zero-order valence-electron chi connectivity index (χ0n) is 10.4. The van der Waals surface area contributed by atoms with Gasteiger partial charge in [0.05, 0.1) is 0 Å². The molecule has 1 saturated heterocycles. The van der Waals surface area contributed by atoms with Crippen molar-refractivity contribution in [3.8, 4) is 0 Å². The molecular formula is C12H19N3O2S. The minimum atomic E-state index is -3.35. The molecule has 3 N–H and O–H groups in total. The number of benzene rings is 1. The first kappa shape index (κ1) is 13.5. The van der Waals surface area contributed by atoms with E-state index in [9.17, 15) is 8.42 Å². The van der Waals surface area contributed by atoms with Gasteiger partial charge in [0, 0.05) is 26.1 Å². The predicted molar refractivity (Wildman–Crippen MR) is 71.3 cm³/mol. The molecule has 0 bridgehead atoms. The van der Waals surface area contributed by atoms with Gasteiger partial charge >= 0.3 is 0 Å². The van der Waals surface area contributed by atoms with E-state index in [0.29, 0.717) is 19.6 Å². The monoisotopic (exact) mass is 269 g/mol. The summed E-state index contributed by atoms with van der Waals surface area (Å²) in [6.07, 6.45) is 0. The normalized spacial score (nSPS) is 25.4. The number of hydrogen-bond donors (Lipinski definition) is 2. The van der Waals surface area contributed by atoms with Crippen LogP contribution in [-0.2, 0) is 10.2 Å².